The van der Waals surface area contributed by atoms with E-state index >= 15 is 0 Å². The van der Waals surface area contributed by atoms with Crippen molar-refractivity contribution < 1.29 is 0 Å². The summed E-state index contributed by atoms with van der Waals surface area (Å²) in [7, 11) is 0. The lowest BCUT2D eigenvalue weighted by Crippen LogP contribution is -2.40. The molecule has 2 heterocycles. The maximum atomic E-state index is 4.22. The highest BCUT2D eigenvalue weighted by Gasteiger charge is 2.28. The first-order valence-electron chi connectivity index (χ1n) is 9.48. The van der Waals surface area contributed by atoms with Gasteiger partial charge in [0.25, 0.3) is 0 Å². The van der Waals surface area contributed by atoms with E-state index in [1.807, 2.05) is 18.1 Å². The van der Waals surface area contributed by atoms with Crippen LogP contribution in [0.4, 0.5) is 5.69 Å². The Labute approximate surface area is 165 Å². The maximum Gasteiger partial charge on any atom is 0.0922 e. The van der Waals surface area contributed by atoms with Crippen LogP contribution in [0.5, 0.6) is 0 Å². The van der Waals surface area contributed by atoms with Crippen molar-refractivity contribution >= 4 is 17.6 Å². The number of hydrogen-bond acceptors (Lipinski definition) is 4. The molecule has 0 bridgehead atoms. The highest BCUT2D eigenvalue weighted by molar-refractivity contribution is 7.96. The van der Waals surface area contributed by atoms with E-state index in [1.54, 1.807) is 6.33 Å². The van der Waals surface area contributed by atoms with Gasteiger partial charge >= 0.3 is 0 Å². The fourth-order valence-electron chi connectivity index (χ4n) is 3.84. The third kappa shape index (κ3) is 4.37. The number of aromatic nitrogens is 2. The third-order valence-corrected chi connectivity index (χ3v) is 6.06. The molecule has 1 atom stereocenters. The van der Waals surface area contributed by atoms with Gasteiger partial charge in [-0.1, -0.05) is 60.5 Å². The van der Waals surface area contributed by atoms with E-state index in [-0.39, 0.29) is 0 Å². The topological polar surface area (TPSA) is 35.2 Å². The smallest absolute Gasteiger partial charge is 0.0922 e. The average Bonchev–Trinajstić information content (AvgIpc) is 3.18. The molecule has 2 aromatic carbocycles. The van der Waals surface area contributed by atoms with Crippen LogP contribution in [0.25, 0.3) is 0 Å². The summed E-state index contributed by atoms with van der Waals surface area (Å²) < 4.78 is 2.49. The van der Waals surface area contributed by atoms with Gasteiger partial charge in [-0.25, -0.2) is 9.29 Å². The van der Waals surface area contributed by atoms with E-state index in [0.29, 0.717) is 6.04 Å². The van der Waals surface area contributed by atoms with Crippen LogP contribution in [0.2, 0.25) is 0 Å². The molecule has 4 nitrogen and oxygen atoms in total. The molecule has 140 valence electrons. The molecule has 0 aliphatic carbocycles. The summed E-state index contributed by atoms with van der Waals surface area (Å²) >= 11 is 1.84. The minimum Gasteiger partial charge on any atom is -0.361 e. The second-order valence-electron chi connectivity index (χ2n) is 7.02. The monoisotopic (exact) mass is 378 g/mol. The second kappa shape index (κ2) is 8.63. The minimum absolute atomic E-state index is 0.449. The number of imidazole rings is 1. The summed E-state index contributed by atoms with van der Waals surface area (Å²) in [5.74, 6) is 0. The van der Waals surface area contributed by atoms with Crippen molar-refractivity contribution in [3.63, 3.8) is 0 Å². The number of aryl methyl sites for hydroxylation is 1. The van der Waals surface area contributed by atoms with Crippen LogP contribution in [0.1, 0.15) is 23.2 Å². The Morgan fingerprint density at radius 3 is 2.70 bits per heavy atom. The van der Waals surface area contributed by atoms with E-state index < -0.39 is 0 Å². The van der Waals surface area contributed by atoms with Gasteiger partial charge in [0.1, 0.15) is 0 Å². The number of anilines is 1. The van der Waals surface area contributed by atoms with Gasteiger partial charge in [0.05, 0.1) is 18.6 Å². The van der Waals surface area contributed by atoms with E-state index in [2.05, 4.69) is 80.0 Å². The van der Waals surface area contributed by atoms with Crippen molar-refractivity contribution in [3.05, 3.63) is 83.9 Å². The van der Waals surface area contributed by atoms with Crippen molar-refractivity contribution in [2.45, 2.75) is 32.0 Å². The Balaban J connectivity index is 1.63. The van der Waals surface area contributed by atoms with Gasteiger partial charge in [-0.05, 0) is 36.3 Å². The molecule has 0 saturated carbocycles. The SMILES string of the molecule is CSN1Cc2ccccc2N(Cc2cnc[nH]2)C(CCc2ccccc2)C1. The van der Waals surface area contributed by atoms with E-state index in [1.165, 1.54) is 16.8 Å². The Kier molecular flexibility index (Phi) is 5.80. The van der Waals surface area contributed by atoms with Gasteiger partial charge in [-0.2, -0.15) is 0 Å². The largest absolute Gasteiger partial charge is 0.361 e. The Morgan fingerprint density at radius 1 is 1.11 bits per heavy atom. The van der Waals surface area contributed by atoms with Crippen LogP contribution in [-0.2, 0) is 19.5 Å². The predicted octanol–water partition coefficient (Wildman–Crippen LogP) is 4.51. The number of hydrogen-bond donors (Lipinski definition) is 1. The number of para-hydroxylation sites is 1. The molecule has 1 unspecified atom stereocenters. The molecule has 5 heteroatoms. The van der Waals surface area contributed by atoms with Crippen molar-refractivity contribution in [2.24, 2.45) is 0 Å². The average molecular weight is 379 g/mol. The molecule has 3 aromatic rings. The summed E-state index contributed by atoms with van der Waals surface area (Å²) in [4.78, 5) is 10.1. The van der Waals surface area contributed by atoms with Crippen molar-refractivity contribution in [2.75, 3.05) is 17.7 Å². The summed E-state index contributed by atoms with van der Waals surface area (Å²) in [5.41, 5.74) is 5.31. The molecule has 0 amide bonds. The zero-order chi connectivity index (χ0) is 18.5. The Morgan fingerprint density at radius 2 is 1.93 bits per heavy atom. The molecule has 0 radical (unpaired) electrons. The summed E-state index contributed by atoms with van der Waals surface area (Å²) in [6, 6.07) is 20.1. The van der Waals surface area contributed by atoms with Crippen LogP contribution < -0.4 is 4.90 Å². The minimum atomic E-state index is 0.449. The number of fused-ring (bicyclic) bond motifs is 1. The third-order valence-electron chi connectivity index (χ3n) is 5.27. The summed E-state index contributed by atoms with van der Waals surface area (Å²) in [6.45, 7) is 2.90. The quantitative estimate of drug-likeness (QED) is 0.640. The number of aromatic amines is 1. The zero-order valence-electron chi connectivity index (χ0n) is 15.7. The normalized spacial score (nSPS) is 17.5. The highest BCUT2D eigenvalue weighted by atomic mass is 32.2. The first kappa shape index (κ1) is 18.1. The van der Waals surface area contributed by atoms with Crippen LogP contribution in [0, 0.1) is 0 Å². The van der Waals surface area contributed by atoms with E-state index in [0.717, 1.165) is 38.2 Å². The summed E-state index contributed by atoms with van der Waals surface area (Å²) in [6.07, 6.45) is 8.11. The van der Waals surface area contributed by atoms with Crippen molar-refractivity contribution in [1.29, 1.82) is 0 Å². The van der Waals surface area contributed by atoms with Gasteiger partial charge in [0, 0.05) is 31.0 Å². The molecule has 0 fully saturated rings. The molecule has 0 spiro atoms. The lowest BCUT2D eigenvalue weighted by Gasteiger charge is -2.33. The molecule has 1 aliphatic rings. The number of H-pyrrole nitrogens is 1. The van der Waals surface area contributed by atoms with E-state index in [4.69, 9.17) is 0 Å². The van der Waals surface area contributed by atoms with Gasteiger partial charge < -0.3 is 9.88 Å². The molecule has 27 heavy (non-hydrogen) atoms. The van der Waals surface area contributed by atoms with Gasteiger partial charge in [0.2, 0.25) is 0 Å². The lowest BCUT2D eigenvalue weighted by atomic mass is 10.0. The maximum absolute atomic E-state index is 4.22. The number of nitrogens with one attached hydrogen (secondary N) is 1. The molecule has 1 aliphatic heterocycles. The fourth-order valence-corrected chi connectivity index (χ4v) is 4.43. The summed E-state index contributed by atoms with van der Waals surface area (Å²) in [5, 5.41) is 0. The van der Waals surface area contributed by atoms with Gasteiger partial charge in [-0.3, -0.25) is 0 Å². The molecule has 0 saturated heterocycles. The zero-order valence-corrected chi connectivity index (χ0v) is 16.5. The molecule has 1 aromatic heterocycles. The van der Waals surface area contributed by atoms with Gasteiger partial charge in [-0.15, -0.1) is 0 Å². The molecule has 1 N–H and O–H groups in total. The standard InChI is InChI=1S/C22H26N4S/c1-27-25-14-19-9-5-6-10-22(19)26(15-20-13-23-17-24-20)21(16-25)12-11-18-7-3-2-4-8-18/h2-10,13,17,21H,11-12,14-16H2,1H3,(H,23,24). The van der Waals surface area contributed by atoms with Crippen LogP contribution >= 0.6 is 11.9 Å². The predicted molar refractivity (Wildman–Crippen MR) is 114 cm³/mol. The number of benzene rings is 2. The van der Waals surface area contributed by atoms with Crippen LogP contribution in [0.15, 0.2) is 67.1 Å². The lowest BCUT2D eigenvalue weighted by molar-refractivity contribution is 0.408. The molecular formula is C22H26N4S. The van der Waals surface area contributed by atoms with Crippen molar-refractivity contribution in [3.8, 4) is 0 Å². The van der Waals surface area contributed by atoms with Crippen molar-refractivity contribution in [1.82, 2.24) is 14.3 Å². The van der Waals surface area contributed by atoms with E-state index in [9.17, 15) is 0 Å². The number of nitrogens with zero attached hydrogens (tertiary/aromatic N) is 3. The Hall–Kier alpha value is -2.24. The Bertz CT molecular complexity index is 835. The van der Waals surface area contributed by atoms with Crippen LogP contribution in [0.3, 0.4) is 0 Å². The first-order chi connectivity index (χ1) is 13.3. The highest BCUT2D eigenvalue weighted by Crippen LogP contribution is 2.32. The number of rotatable bonds is 6. The van der Waals surface area contributed by atoms with Crippen LogP contribution in [-0.4, -0.2) is 33.1 Å². The molecular weight excluding hydrogens is 352 g/mol. The first-order valence-corrected chi connectivity index (χ1v) is 10.7. The second-order valence-corrected chi connectivity index (χ2v) is 7.90. The fraction of sp³-hybridized carbons (Fsp3) is 0.318. The van der Waals surface area contributed by atoms with Gasteiger partial charge in [0.15, 0.2) is 0 Å². The molecule has 4 rings (SSSR count).